The minimum Gasteiger partial charge on any atom is -0.467 e. The van der Waals surface area contributed by atoms with E-state index in [1.807, 2.05) is 23.6 Å². The summed E-state index contributed by atoms with van der Waals surface area (Å²) in [5.74, 6) is 0.708. The summed E-state index contributed by atoms with van der Waals surface area (Å²) in [5.41, 5.74) is 0. The Balaban J connectivity index is 1.81. The third-order valence-electron chi connectivity index (χ3n) is 2.54. The van der Waals surface area contributed by atoms with E-state index in [4.69, 9.17) is 9.15 Å². The Kier molecular flexibility index (Phi) is 4.55. The molecule has 2 rings (SSSR count). The molecule has 0 saturated carbocycles. The molecule has 1 amide bonds. The van der Waals surface area contributed by atoms with Gasteiger partial charge in [-0.3, -0.25) is 4.79 Å². The third kappa shape index (κ3) is 3.45. The number of furan rings is 1. The lowest BCUT2D eigenvalue weighted by atomic mass is 10.2. The van der Waals surface area contributed by atoms with Crippen molar-refractivity contribution in [1.82, 2.24) is 5.32 Å². The van der Waals surface area contributed by atoms with Gasteiger partial charge < -0.3 is 14.5 Å². The van der Waals surface area contributed by atoms with Gasteiger partial charge in [-0.05, 0) is 23.6 Å². The van der Waals surface area contributed by atoms with E-state index >= 15 is 0 Å². The summed E-state index contributed by atoms with van der Waals surface area (Å²) >= 11 is 1.58. The molecule has 0 saturated heterocycles. The second-order valence-electron chi connectivity index (χ2n) is 3.80. The van der Waals surface area contributed by atoms with Crippen LogP contribution in [0.1, 0.15) is 16.7 Å². The molecule has 0 spiro atoms. The van der Waals surface area contributed by atoms with Crippen LogP contribution in [0.4, 0.5) is 0 Å². The number of carbonyl (C=O) groups excluding carboxylic acids is 1. The van der Waals surface area contributed by atoms with E-state index in [9.17, 15) is 4.79 Å². The third-order valence-corrected chi connectivity index (χ3v) is 3.42. The Bertz CT molecular complexity index is 464. The molecular formula is C13H15NO3S. The Morgan fingerprint density at radius 1 is 1.50 bits per heavy atom. The van der Waals surface area contributed by atoms with Gasteiger partial charge in [-0.1, -0.05) is 6.07 Å². The van der Waals surface area contributed by atoms with Crippen LogP contribution in [-0.4, -0.2) is 19.6 Å². The van der Waals surface area contributed by atoms with Crippen LogP contribution in [0, 0.1) is 0 Å². The van der Waals surface area contributed by atoms with Crippen molar-refractivity contribution in [1.29, 1.82) is 0 Å². The fourth-order valence-corrected chi connectivity index (χ4v) is 2.32. The Morgan fingerprint density at radius 2 is 2.39 bits per heavy atom. The number of hydrogen-bond donors (Lipinski definition) is 1. The first kappa shape index (κ1) is 12.9. The fraction of sp³-hybridized carbons (Fsp3) is 0.308. The molecule has 0 fully saturated rings. The molecular weight excluding hydrogens is 250 g/mol. The average molecular weight is 265 g/mol. The minimum atomic E-state index is -0.243. The van der Waals surface area contributed by atoms with Crippen LogP contribution in [-0.2, 0) is 16.0 Å². The maximum Gasteiger partial charge on any atom is 0.225 e. The predicted octanol–water partition coefficient (Wildman–Crippen LogP) is 2.39. The smallest absolute Gasteiger partial charge is 0.225 e. The highest BCUT2D eigenvalue weighted by atomic mass is 32.1. The standard InChI is InChI=1S/C13H15NO3S/c1-16-12(11-5-2-6-17-11)9-14-13(15)8-10-4-3-7-18-10/h2-7,12H,8-9H2,1H3,(H,14,15)/t12-/m0/s1. The maximum atomic E-state index is 11.7. The zero-order valence-electron chi connectivity index (χ0n) is 10.1. The first-order chi connectivity index (χ1) is 8.79. The molecule has 0 aliphatic rings. The Labute approximate surface area is 110 Å². The molecule has 2 aromatic heterocycles. The lowest BCUT2D eigenvalue weighted by molar-refractivity contribution is -0.121. The largest absolute Gasteiger partial charge is 0.467 e. The summed E-state index contributed by atoms with van der Waals surface area (Å²) in [6.45, 7) is 0.411. The molecule has 0 aromatic carbocycles. The highest BCUT2D eigenvalue weighted by Gasteiger charge is 2.14. The summed E-state index contributed by atoms with van der Waals surface area (Å²) in [6, 6.07) is 7.52. The molecule has 5 heteroatoms. The number of rotatable bonds is 6. The number of thiophene rings is 1. The highest BCUT2D eigenvalue weighted by Crippen LogP contribution is 2.16. The van der Waals surface area contributed by atoms with Crippen LogP contribution in [0.5, 0.6) is 0 Å². The quantitative estimate of drug-likeness (QED) is 0.872. The van der Waals surface area contributed by atoms with E-state index in [1.54, 1.807) is 30.8 Å². The molecule has 1 N–H and O–H groups in total. The normalized spacial score (nSPS) is 12.3. The second kappa shape index (κ2) is 6.37. The molecule has 1 atom stereocenters. The van der Waals surface area contributed by atoms with Gasteiger partial charge in [-0.2, -0.15) is 0 Å². The predicted molar refractivity (Wildman–Crippen MR) is 69.5 cm³/mol. The van der Waals surface area contributed by atoms with Gasteiger partial charge in [-0.25, -0.2) is 0 Å². The van der Waals surface area contributed by atoms with Crippen molar-refractivity contribution in [2.24, 2.45) is 0 Å². The molecule has 4 nitrogen and oxygen atoms in total. The molecule has 18 heavy (non-hydrogen) atoms. The molecule has 2 heterocycles. The van der Waals surface area contributed by atoms with E-state index in [1.165, 1.54) is 0 Å². The van der Waals surface area contributed by atoms with Crippen molar-refractivity contribution in [2.45, 2.75) is 12.5 Å². The van der Waals surface area contributed by atoms with Gasteiger partial charge in [0.1, 0.15) is 11.9 Å². The van der Waals surface area contributed by atoms with Gasteiger partial charge in [0.25, 0.3) is 0 Å². The SMILES string of the molecule is CO[C@@H](CNC(=O)Cc1cccs1)c1ccco1. The molecule has 0 unspecified atom stereocenters. The van der Waals surface area contributed by atoms with Crippen molar-refractivity contribution in [3.8, 4) is 0 Å². The number of methoxy groups -OCH3 is 1. The van der Waals surface area contributed by atoms with E-state index in [-0.39, 0.29) is 12.0 Å². The first-order valence-corrected chi connectivity index (χ1v) is 6.53. The van der Waals surface area contributed by atoms with Crippen LogP contribution < -0.4 is 5.32 Å². The molecule has 2 aromatic rings. The summed E-state index contributed by atoms with van der Waals surface area (Å²) in [7, 11) is 1.60. The summed E-state index contributed by atoms with van der Waals surface area (Å²) in [6.07, 6.45) is 1.76. The van der Waals surface area contributed by atoms with E-state index in [0.717, 1.165) is 4.88 Å². The minimum absolute atomic E-state index is 0.00828. The number of nitrogens with one attached hydrogen (secondary N) is 1. The Hall–Kier alpha value is -1.59. The van der Waals surface area contributed by atoms with Crippen molar-refractivity contribution in [3.63, 3.8) is 0 Å². The fourth-order valence-electron chi connectivity index (χ4n) is 1.61. The zero-order chi connectivity index (χ0) is 12.8. The highest BCUT2D eigenvalue weighted by molar-refractivity contribution is 7.10. The van der Waals surface area contributed by atoms with E-state index < -0.39 is 0 Å². The zero-order valence-corrected chi connectivity index (χ0v) is 10.9. The summed E-state index contributed by atoms with van der Waals surface area (Å²) in [4.78, 5) is 12.8. The van der Waals surface area contributed by atoms with Gasteiger partial charge in [-0.15, -0.1) is 11.3 Å². The van der Waals surface area contributed by atoms with Crippen LogP contribution in [0.25, 0.3) is 0 Å². The second-order valence-corrected chi connectivity index (χ2v) is 4.83. The first-order valence-electron chi connectivity index (χ1n) is 5.65. The van der Waals surface area contributed by atoms with Gasteiger partial charge in [0.2, 0.25) is 5.91 Å². The molecule has 96 valence electrons. The number of ether oxygens (including phenoxy) is 1. The van der Waals surface area contributed by atoms with Crippen molar-refractivity contribution >= 4 is 17.2 Å². The maximum absolute atomic E-state index is 11.7. The lowest BCUT2D eigenvalue weighted by Gasteiger charge is -2.13. The van der Waals surface area contributed by atoms with Gasteiger partial charge >= 0.3 is 0 Å². The van der Waals surface area contributed by atoms with Crippen LogP contribution >= 0.6 is 11.3 Å². The number of amides is 1. The van der Waals surface area contributed by atoms with Crippen LogP contribution in [0.2, 0.25) is 0 Å². The van der Waals surface area contributed by atoms with Crippen molar-refractivity contribution < 1.29 is 13.9 Å². The van der Waals surface area contributed by atoms with Gasteiger partial charge in [0.05, 0.1) is 19.2 Å². The van der Waals surface area contributed by atoms with Crippen molar-refractivity contribution in [2.75, 3.05) is 13.7 Å². The topological polar surface area (TPSA) is 51.5 Å². The molecule has 0 aliphatic heterocycles. The molecule has 0 bridgehead atoms. The number of carbonyl (C=O) groups is 1. The summed E-state index contributed by atoms with van der Waals surface area (Å²) in [5, 5.41) is 4.80. The van der Waals surface area contributed by atoms with Gasteiger partial charge in [0.15, 0.2) is 0 Å². The van der Waals surface area contributed by atoms with Crippen molar-refractivity contribution in [3.05, 3.63) is 46.5 Å². The number of hydrogen-bond acceptors (Lipinski definition) is 4. The van der Waals surface area contributed by atoms with Gasteiger partial charge in [0, 0.05) is 12.0 Å². The average Bonchev–Trinajstić information content (AvgIpc) is 3.02. The molecule has 0 aliphatic carbocycles. The summed E-state index contributed by atoms with van der Waals surface area (Å²) < 4.78 is 10.5. The molecule has 0 radical (unpaired) electrons. The lowest BCUT2D eigenvalue weighted by Crippen LogP contribution is -2.30. The monoisotopic (exact) mass is 265 g/mol. The van der Waals surface area contributed by atoms with Crippen LogP contribution in [0.3, 0.4) is 0 Å². The van der Waals surface area contributed by atoms with E-state index in [2.05, 4.69) is 5.32 Å². The van der Waals surface area contributed by atoms with E-state index in [0.29, 0.717) is 18.7 Å². The Morgan fingerprint density at radius 3 is 3.00 bits per heavy atom. The van der Waals surface area contributed by atoms with Crippen LogP contribution in [0.15, 0.2) is 40.3 Å².